The number of benzene rings is 1. The van der Waals surface area contributed by atoms with E-state index in [9.17, 15) is 17.1 Å². The van der Waals surface area contributed by atoms with Crippen LogP contribution in [0.1, 0.15) is 12.0 Å². The maximum atomic E-state index is 13.0. The van der Waals surface area contributed by atoms with E-state index < -0.39 is 15.5 Å². The molecule has 1 saturated heterocycles. The molecule has 0 aliphatic carbocycles. The zero-order valence-corrected chi connectivity index (χ0v) is 12.5. The van der Waals surface area contributed by atoms with Crippen molar-refractivity contribution in [2.75, 3.05) is 20.8 Å². The largest absolute Gasteiger partial charge is 0.497 e. The monoisotopic (exact) mass is 317 g/mol. The van der Waals surface area contributed by atoms with Gasteiger partial charge < -0.3 is 14.4 Å². The molecule has 1 aliphatic heterocycles. The Balaban J connectivity index is 2.17. The van der Waals surface area contributed by atoms with Gasteiger partial charge in [-0.15, -0.1) is 3.89 Å². The van der Waals surface area contributed by atoms with Crippen LogP contribution in [0, 0.1) is 0 Å². The van der Waals surface area contributed by atoms with Gasteiger partial charge in [0.1, 0.15) is 16.7 Å². The van der Waals surface area contributed by atoms with Gasteiger partial charge in [-0.25, -0.2) is 0 Å². The van der Waals surface area contributed by atoms with E-state index in [0.29, 0.717) is 11.5 Å². The standard InChI is InChI=1S/C13H16FNO5S/c1-19-10-3-9(4-11(5-10)20-2)7-15-8-12(6-13(15)16)21(14,17)18/h3-5,12H,6-8H2,1-2H3. The number of hydrogen-bond donors (Lipinski definition) is 0. The van der Waals surface area contributed by atoms with Gasteiger partial charge in [0.2, 0.25) is 5.91 Å². The third-order valence-corrected chi connectivity index (χ3v) is 4.47. The third-order valence-electron chi connectivity index (χ3n) is 3.36. The number of carbonyl (C=O) groups is 1. The van der Waals surface area contributed by atoms with Crippen molar-refractivity contribution in [2.24, 2.45) is 0 Å². The summed E-state index contributed by atoms with van der Waals surface area (Å²) in [7, 11) is -1.69. The fourth-order valence-corrected chi connectivity index (χ4v) is 2.96. The molecule has 0 aromatic heterocycles. The minimum Gasteiger partial charge on any atom is -0.497 e. The summed E-state index contributed by atoms with van der Waals surface area (Å²) in [6.07, 6.45) is -0.320. The molecular formula is C13H16FNO5S. The predicted octanol–water partition coefficient (Wildman–Crippen LogP) is 1.10. The van der Waals surface area contributed by atoms with Crippen LogP contribution in [-0.2, 0) is 21.6 Å². The summed E-state index contributed by atoms with van der Waals surface area (Å²) in [5, 5.41) is -1.28. The molecule has 1 aliphatic rings. The fraction of sp³-hybridized carbons (Fsp3) is 0.462. The summed E-state index contributed by atoms with van der Waals surface area (Å²) >= 11 is 0. The first-order valence-corrected chi connectivity index (χ1v) is 7.71. The van der Waals surface area contributed by atoms with Crippen LogP contribution >= 0.6 is 0 Å². The number of rotatable bonds is 5. The van der Waals surface area contributed by atoms with Crippen molar-refractivity contribution in [3.8, 4) is 11.5 Å². The number of likely N-dealkylation sites (tertiary alicyclic amines) is 1. The van der Waals surface area contributed by atoms with Gasteiger partial charge in [-0.2, -0.15) is 8.42 Å². The lowest BCUT2D eigenvalue weighted by Gasteiger charge is -2.17. The molecule has 1 amide bonds. The molecule has 6 nitrogen and oxygen atoms in total. The molecule has 2 rings (SSSR count). The summed E-state index contributed by atoms with van der Waals surface area (Å²) in [4.78, 5) is 13.1. The first-order chi connectivity index (χ1) is 9.83. The van der Waals surface area contributed by atoms with Crippen LogP contribution < -0.4 is 9.47 Å². The highest BCUT2D eigenvalue weighted by Gasteiger charge is 2.38. The molecule has 21 heavy (non-hydrogen) atoms. The van der Waals surface area contributed by atoms with Crippen LogP contribution in [-0.4, -0.2) is 45.2 Å². The molecule has 0 bridgehead atoms. The zero-order chi connectivity index (χ0) is 15.6. The molecule has 1 atom stereocenters. The van der Waals surface area contributed by atoms with E-state index in [4.69, 9.17) is 9.47 Å². The summed E-state index contributed by atoms with van der Waals surface area (Å²) in [5.41, 5.74) is 0.719. The second kappa shape index (κ2) is 5.88. The van der Waals surface area contributed by atoms with E-state index in [1.807, 2.05) is 0 Å². The number of carbonyl (C=O) groups excluding carboxylic acids is 1. The van der Waals surface area contributed by atoms with Gasteiger partial charge in [-0.3, -0.25) is 4.79 Å². The number of amides is 1. The predicted molar refractivity (Wildman–Crippen MR) is 73.4 cm³/mol. The second-order valence-corrected chi connectivity index (χ2v) is 6.41. The van der Waals surface area contributed by atoms with Crippen LogP contribution in [0.4, 0.5) is 3.89 Å². The van der Waals surface area contributed by atoms with Gasteiger partial charge in [0.25, 0.3) is 0 Å². The Kier molecular flexibility index (Phi) is 4.36. The smallest absolute Gasteiger partial charge is 0.307 e. The van der Waals surface area contributed by atoms with Gasteiger partial charge >= 0.3 is 10.2 Å². The average molecular weight is 317 g/mol. The van der Waals surface area contributed by atoms with Gasteiger partial charge in [0.05, 0.1) is 14.2 Å². The molecule has 0 spiro atoms. The van der Waals surface area contributed by atoms with Crippen LogP contribution in [0.15, 0.2) is 18.2 Å². The molecule has 1 unspecified atom stereocenters. The highest BCUT2D eigenvalue weighted by molar-refractivity contribution is 7.87. The first kappa shape index (κ1) is 15.6. The lowest BCUT2D eigenvalue weighted by Crippen LogP contribution is -2.26. The Labute approximate surface area is 122 Å². The Bertz CT molecular complexity index is 624. The van der Waals surface area contributed by atoms with Crippen molar-refractivity contribution in [2.45, 2.75) is 18.2 Å². The zero-order valence-electron chi connectivity index (χ0n) is 11.7. The highest BCUT2D eigenvalue weighted by atomic mass is 32.3. The highest BCUT2D eigenvalue weighted by Crippen LogP contribution is 2.26. The average Bonchev–Trinajstić information content (AvgIpc) is 2.79. The molecule has 1 heterocycles. The minimum atomic E-state index is -4.70. The maximum Gasteiger partial charge on any atom is 0.307 e. The van der Waals surface area contributed by atoms with Crippen LogP contribution in [0.5, 0.6) is 11.5 Å². The summed E-state index contributed by atoms with van der Waals surface area (Å²) in [6.45, 7) is 0.0373. The number of nitrogens with zero attached hydrogens (tertiary/aromatic N) is 1. The Morgan fingerprint density at radius 1 is 1.24 bits per heavy atom. The quantitative estimate of drug-likeness (QED) is 0.761. The maximum absolute atomic E-state index is 13.0. The normalized spacial score (nSPS) is 18.9. The van der Waals surface area contributed by atoms with Crippen LogP contribution in [0.3, 0.4) is 0 Å². The van der Waals surface area contributed by atoms with E-state index in [-0.39, 0.29) is 25.4 Å². The van der Waals surface area contributed by atoms with E-state index in [2.05, 4.69) is 0 Å². The van der Waals surface area contributed by atoms with Gasteiger partial charge in [-0.05, 0) is 17.7 Å². The Morgan fingerprint density at radius 2 is 1.81 bits per heavy atom. The van der Waals surface area contributed by atoms with Crippen molar-refractivity contribution in [1.82, 2.24) is 4.90 Å². The molecule has 8 heteroatoms. The van der Waals surface area contributed by atoms with Gasteiger partial charge in [0.15, 0.2) is 0 Å². The topological polar surface area (TPSA) is 72.9 Å². The van der Waals surface area contributed by atoms with Crippen molar-refractivity contribution < 1.29 is 26.6 Å². The van der Waals surface area contributed by atoms with E-state index >= 15 is 0 Å². The molecule has 0 saturated carbocycles. The van der Waals surface area contributed by atoms with Crippen molar-refractivity contribution in [1.29, 1.82) is 0 Å². The minimum absolute atomic E-state index is 0.142. The van der Waals surface area contributed by atoms with E-state index in [1.165, 1.54) is 19.1 Å². The second-order valence-electron chi connectivity index (χ2n) is 4.80. The lowest BCUT2D eigenvalue weighted by molar-refractivity contribution is -0.128. The number of methoxy groups -OCH3 is 2. The SMILES string of the molecule is COc1cc(CN2CC(S(=O)(=O)F)CC2=O)cc(OC)c1. The van der Waals surface area contributed by atoms with Crippen LogP contribution in [0.25, 0.3) is 0 Å². The number of halogens is 1. The van der Waals surface area contributed by atoms with Crippen molar-refractivity contribution in [3.05, 3.63) is 23.8 Å². The van der Waals surface area contributed by atoms with Crippen LogP contribution in [0.2, 0.25) is 0 Å². The van der Waals surface area contributed by atoms with E-state index in [0.717, 1.165) is 5.56 Å². The number of ether oxygens (including phenoxy) is 2. The fourth-order valence-electron chi connectivity index (χ4n) is 2.26. The van der Waals surface area contributed by atoms with Gasteiger partial charge in [-0.1, -0.05) is 0 Å². The molecule has 116 valence electrons. The summed E-state index contributed by atoms with van der Waals surface area (Å²) in [5.74, 6) is 0.735. The number of hydrogen-bond acceptors (Lipinski definition) is 5. The molecule has 1 aromatic carbocycles. The molecule has 1 aromatic rings. The molecule has 1 fully saturated rings. The van der Waals surface area contributed by atoms with Gasteiger partial charge in [0, 0.05) is 25.6 Å². The lowest BCUT2D eigenvalue weighted by atomic mass is 10.2. The summed E-state index contributed by atoms with van der Waals surface area (Å²) < 4.78 is 45.0. The molecule has 0 radical (unpaired) electrons. The molecule has 0 N–H and O–H groups in total. The van der Waals surface area contributed by atoms with Crippen molar-refractivity contribution >= 4 is 16.1 Å². The van der Waals surface area contributed by atoms with Crippen molar-refractivity contribution in [3.63, 3.8) is 0 Å². The molecular weight excluding hydrogens is 301 g/mol. The Morgan fingerprint density at radius 3 is 2.24 bits per heavy atom. The Hall–Kier alpha value is -1.83. The first-order valence-electron chi connectivity index (χ1n) is 6.26. The third kappa shape index (κ3) is 3.63. The summed E-state index contributed by atoms with van der Waals surface area (Å²) in [6, 6.07) is 5.12. The van der Waals surface area contributed by atoms with E-state index in [1.54, 1.807) is 18.2 Å².